The Morgan fingerprint density at radius 1 is 0.977 bits per heavy atom. The van der Waals surface area contributed by atoms with Crippen LogP contribution < -0.4 is 16.0 Å². The second kappa shape index (κ2) is 13.0. The number of nitrogens with one attached hydrogen (secondary N) is 4. The molecule has 10 nitrogen and oxygen atoms in total. The lowest BCUT2D eigenvalue weighted by atomic mass is 9.90. The maximum atomic E-state index is 12.4. The molecule has 10 heteroatoms. The van der Waals surface area contributed by atoms with E-state index in [4.69, 9.17) is 0 Å². The van der Waals surface area contributed by atoms with E-state index in [1.165, 1.54) is 0 Å². The van der Waals surface area contributed by atoms with Gasteiger partial charge in [-0.25, -0.2) is 0 Å². The molecule has 0 aromatic carbocycles. The normalized spacial score (nSPS) is 27.2. The van der Waals surface area contributed by atoms with E-state index in [0.29, 0.717) is 19.3 Å². The Labute approximate surface area is 252 Å². The van der Waals surface area contributed by atoms with E-state index in [9.17, 15) is 29.7 Å². The number of carbonyl (C=O) groups is 3. The molecule has 4 rings (SSSR count). The molecule has 1 fully saturated rings. The van der Waals surface area contributed by atoms with Crippen LogP contribution in [0.25, 0.3) is 12.2 Å². The fourth-order valence-corrected chi connectivity index (χ4v) is 6.67. The summed E-state index contributed by atoms with van der Waals surface area (Å²) in [6.07, 6.45) is 7.64. The Bertz CT molecular complexity index is 1440. The van der Waals surface area contributed by atoms with Crippen molar-refractivity contribution in [2.24, 2.45) is 17.8 Å². The number of amides is 1. The molecule has 43 heavy (non-hydrogen) atoms. The van der Waals surface area contributed by atoms with E-state index in [-0.39, 0.29) is 54.5 Å². The molecular weight excluding hydrogens is 548 g/mol. The van der Waals surface area contributed by atoms with Gasteiger partial charge in [-0.1, -0.05) is 33.4 Å². The van der Waals surface area contributed by atoms with Crippen molar-refractivity contribution in [2.75, 3.05) is 0 Å². The number of aromatic amines is 1. The summed E-state index contributed by atoms with van der Waals surface area (Å²) < 4.78 is 0. The number of H-pyrrole nitrogens is 1. The number of hydrogen-bond donors (Lipinski definition) is 7. The molecule has 3 aliphatic rings. The third-order valence-corrected chi connectivity index (χ3v) is 9.39. The van der Waals surface area contributed by atoms with Crippen LogP contribution in [0.5, 0.6) is 0 Å². The van der Waals surface area contributed by atoms with Gasteiger partial charge >= 0.3 is 11.9 Å². The van der Waals surface area contributed by atoms with Crippen molar-refractivity contribution >= 4 is 30.0 Å². The molecule has 0 radical (unpaired) electrons. The predicted octanol–water partition coefficient (Wildman–Crippen LogP) is 4.92. The first-order valence-electron chi connectivity index (χ1n) is 15.0. The van der Waals surface area contributed by atoms with Crippen molar-refractivity contribution < 1.29 is 29.7 Å². The average Bonchev–Trinajstić information content (AvgIpc) is 3.59. The lowest BCUT2D eigenvalue weighted by molar-refractivity contribution is -0.138. The van der Waals surface area contributed by atoms with Crippen LogP contribution in [0.15, 0.2) is 46.7 Å². The van der Waals surface area contributed by atoms with E-state index in [1.54, 1.807) is 6.08 Å². The zero-order chi connectivity index (χ0) is 31.6. The van der Waals surface area contributed by atoms with Gasteiger partial charge in [-0.05, 0) is 74.0 Å². The van der Waals surface area contributed by atoms with Gasteiger partial charge in [0.25, 0.3) is 0 Å². The zero-order valence-electron chi connectivity index (χ0n) is 25.6. The van der Waals surface area contributed by atoms with Gasteiger partial charge in [-0.3, -0.25) is 14.4 Å². The largest absolute Gasteiger partial charge is 0.495 e. The number of aliphatic hydroxyl groups excluding tert-OH is 1. The minimum absolute atomic E-state index is 0.00423. The second-order valence-electron chi connectivity index (χ2n) is 11.9. The number of rotatable bonds is 12. The molecular formula is C33H44N4O6. The zero-order valence-corrected chi connectivity index (χ0v) is 25.6. The molecule has 0 saturated carbocycles. The summed E-state index contributed by atoms with van der Waals surface area (Å²) in [7, 11) is 0. The number of carbonyl (C=O) groups excluding carboxylic acids is 1. The van der Waals surface area contributed by atoms with Crippen LogP contribution in [-0.4, -0.2) is 50.2 Å². The quantitative estimate of drug-likeness (QED) is 0.180. The van der Waals surface area contributed by atoms with E-state index >= 15 is 0 Å². The lowest BCUT2D eigenvalue weighted by Gasteiger charge is -2.23. The van der Waals surface area contributed by atoms with Crippen molar-refractivity contribution in [3.8, 4) is 0 Å². The lowest BCUT2D eigenvalue weighted by Crippen LogP contribution is -2.36. The highest BCUT2D eigenvalue weighted by Gasteiger charge is 2.36. The molecule has 0 bridgehead atoms. The molecule has 0 aliphatic carbocycles. The van der Waals surface area contributed by atoms with Gasteiger partial charge in [-0.15, -0.1) is 0 Å². The maximum absolute atomic E-state index is 12.4. The van der Waals surface area contributed by atoms with E-state index in [0.717, 1.165) is 57.0 Å². The van der Waals surface area contributed by atoms with Gasteiger partial charge in [0.2, 0.25) is 5.91 Å². The minimum atomic E-state index is -0.895. The maximum Gasteiger partial charge on any atom is 0.303 e. The summed E-state index contributed by atoms with van der Waals surface area (Å²) in [4.78, 5) is 38.9. The number of carboxylic acid groups (broad SMARTS) is 2. The third kappa shape index (κ3) is 6.58. The number of allylic oxidation sites excluding steroid dienone is 3. The van der Waals surface area contributed by atoms with Crippen LogP contribution >= 0.6 is 0 Å². The van der Waals surface area contributed by atoms with Gasteiger partial charge in [-0.2, -0.15) is 0 Å². The van der Waals surface area contributed by atoms with Gasteiger partial charge < -0.3 is 36.3 Å². The molecule has 232 valence electrons. The number of aliphatic hydroxyl groups is 1. The SMILES string of the molecule is C=CC1=C(O)N[C@H](CC2N/C(=C\c3[nH]c(/C=C4\NC(=O)[C@H](C)[C@H]4CC)c(C)c3CCC(=O)O)C(CCC(=O)O)=C2C)C1C. The summed E-state index contributed by atoms with van der Waals surface area (Å²) in [6.45, 7) is 13.8. The summed E-state index contributed by atoms with van der Waals surface area (Å²) in [5.74, 6) is -1.64. The number of aromatic nitrogens is 1. The molecule has 1 aromatic heterocycles. The molecule has 7 N–H and O–H groups in total. The van der Waals surface area contributed by atoms with Crippen LogP contribution in [0, 0.1) is 24.7 Å². The van der Waals surface area contributed by atoms with Crippen molar-refractivity contribution in [3.05, 3.63) is 69.2 Å². The van der Waals surface area contributed by atoms with Crippen LogP contribution in [0.3, 0.4) is 0 Å². The van der Waals surface area contributed by atoms with Gasteiger partial charge in [0.15, 0.2) is 5.88 Å². The van der Waals surface area contributed by atoms with Crippen LogP contribution in [-0.2, 0) is 20.8 Å². The Hall–Kier alpha value is -4.21. The Morgan fingerprint density at radius 2 is 1.65 bits per heavy atom. The number of carboxylic acids is 2. The van der Waals surface area contributed by atoms with Crippen molar-refractivity contribution in [2.45, 2.75) is 85.2 Å². The number of hydrogen-bond acceptors (Lipinski definition) is 6. The molecule has 1 amide bonds. The van der Waals surface area contributed by atoms with Crippen molar-refractivity contribution in [1.82, 2.24) is 20.9 Å². The Balaban J connectivity index is 1.72. The first kappa shape index (κ1) is 31.7. The summed E-state index contributed by atoms with van der Waals surface area (Å²) >= 11 is 0. The number of aliphatic carboxylic acids is 2. The van der Waals surface area contributed by atoms with Crippen LogP contribution in [0.1, 0.15) is 82.3 Å². The molecule has 3 aliphatic heterocycles. The Morgan fingerprint density at radius 3 is 2.26 bits per heavy atom. The average molecular weight is 593 g/mol. The fraction of sp³-hybridized carbons (Fsp3) is 0.485. The molecule has 5 atom stereocenters. The highest BCUT2D eigenvalue weighted by atomic mass is 16.4. The fourth-order valence-electron chi connectivity index (χ4n) is 6.67. The van der Waals surface area contributed by atoms with Crippen molar-refractivity contribution in [3.63, 3.8) is 0 Å². The Kier molecular flexibility index (Phi) is 9.57. The molecule has 0 spiro atoms. The topological polar surface area (TPSA) is 164 Å². The summed E-state index contributed by atoms with van der Waals surface area (Å²) in [6, 6.07) is -0.124. The molecule has 4 heterocycles. The van der Waals surface area contributed by atoms with Crippen LogP contribution in [0.4, 0.5) is 0 Å². The highest BCUT2D eigenvalue weighted by Crippen LogP contribution is 2.37. The van der Waals surface area contributed by atoms with E-state index in [1.807, 2.05) is 39.8 Å². The summed E-state index contributed by atoms with van der Waals surface area (Å²) in [5.41, 5.74) is 7.70. The van der Waals surface area contributed by atoms with Crippen LogP contribution in [0.2, 0.25) is 0 Å². The van der Waals surface area contributed by atoms with Crippen molar-refractivity contribution in [1.29, 1.82) is 0 Å². The standard InChI is InChI=1S/C33H44N4O6/c1-7-20-19(6)32(42)37-27(20)14-25-18(5)23(10-12-31(40)41)29(35-25)15-28-22(9-11-30(38)39)17(4)24(34-28)13-26-16(3)21(8-2)33(43)36-26/h8,14-16,19-20,24,26,34-36,43H,2,7,9-13H2,1,3-6H3,(H,37,42)(H,38,39)(H,40,41)/b27-14-,28-15-/t16?,19-,20-,24?,26-/m1/s1. The molecule has 1 saturated heterocycles. The first-order valence-corrected chi connectivity index (χ1v) is 15.0. The van der Waals surface area contributed by atoms with Gasteiger partial charge in [0.1, 0.15) is 0 Å². The van der Waals surface area contributed by atoms with Gasteiger partial charge in [0, 0.05) is 71.0 Å². The minimum Gasteiger partial charge on any atom is -0.495 e. The monoisotopic (exact) mass is 592 g/mol. The molecule has 2 unspecified atom stereocenters. The highest BCUT2D eigenvalue weighted by molar-refractivity contribution is 5.86. The smallest absolute Gasteiger partial charge is 0.303 e. The van der Waals surface area contributed by atoms with E-state index in [2.05, 4.69) is 34.4 Å². The predicted molar refractivity (Wildman–Crippen MR) is 166 cm³/mol. The first-order chi connectivity index (χ1) is 20.4. The molecule has 1 aromatic rings. The second-order valence-corrected chi connectivity index (χ2v) is 11.9. The van der Waals surface area contributed by atoms with E-state index < -0.39 is 11.9 Å². The third-order valence-electron chi connectivity index (χ3n) is 9.39. The van der Waals surface area contributed by atoms with Gasteiger partial charge in [0.05, 0.1) is 0 Å². The summed E-state index contributed by atoms with van der Waals surface area (Å²) in [5, 5.41) is 39.0.